The Morgan fingerprint density at radius 3 is 2.44 bits per heavy atom. The van der Waals surface area contributed by atoms with Crippen LogP contribution in [-0.4, -0.2) is 56.7 Å². The van der Waals surface area contributed by atoms with Gasteiger partial charge in [0, 0.05) is 44.1 Å². The molecule has 1 saturated heterocycles. The summed E-state index contributed by atoms with van der Waals surface area (Å²) in [5.41, 5.74) is 3.93. The quantitative estimate of drug-likeness (QED) is 0.703. The fourth-order valence-corrected chi connectivity index (χ4v) is 4.29. The first-order chi connectivity index (χ1) is 15.5. The van der Waals surface area contributed by atoms with Crippen molar-refractivity contribution in [2.45, 2.75) is 13.0 Å². The number of nitrogens with one attached hydrogen (secondary N) is 2. The molecule has 2 amide bonds. The number of halogens is 1. The molecular formula is C24H27FN4O3. The Labute approximate surface area is 186 Å². The zero-order chi connectivity index (χ0) is 22.7. The topological polar surface area (TPSA) is 73.9 Å². The van der Waals surface area contributed by atoms with Gasteiger partial charge in [0.1, 0.15) is 5.82 Å². The van der Waals surface area contributed by atoms with E-state index >= 15 is 0 Å². The lowest BCUT2D eigenvalue weighted by molar-refractivity contribution is -0.136. The third-order valence-electron chi connectivity index (χ3n) is 5.97. The molecule has 0 radical (unpaired) electrons. The van der Waals surface area contributed by atoms with Crippen molar-refractivity contribution in [3.63, 3.8) is 0 Å². The normalized spacial score (nSPS) is 19.4. The molecule has 2 aromatic rings. The molecule has 0 bridgehead atoms. The molecule has 0 saturated carbocycles. The third-order valence-corrected chi connectivity index (χ3v) is 5.97. The van der Waals surface area contributed by atoms with Crippen molar-refractivity contribution in [3.8, 4) is 0 Å². The van der Waals surface area contributed by atoms with Crippen LogP contribution in [0.2, 0.25) is 0 Å². The number of ether oxygens (including phenoxy) is 1. The average Bonchev–Trinajstić information content (AvgIpc) is 2.80. The van der Waals surface area contributed by atoms with E-state index in [4.69, 9.17) is 4.74 Å². The van der Waals surface area contributed by atoms with E-state index in [0.29, 0.717) is 23.4 Å². The number of benzene rings is 2. The number of rotatable bonds is 5. The molecule has 2 aliphatic heterocycles. The van der Waals surface area contributed by atoms with Crippen LogP contribution in [0.1, 0.15) is 17.2 Å². The Morgan fingerprint density at radius 2 is 1.78 bits per heavy atom. The Kier molecular flexibility index (Phi) is 6.41. The third kappa shape index (κ3) is 4.60. The Hall–Kier alpha value is -3.39. The summed E-state index contributed by atoms with van der Waals surface area (Å²) in [6.45, 7) is 5.79. The second-order valence-corrected chi connectivity index (χ2v) is 8.02. The first kappa shape index (κ1) is 21.8. The molecule has 8 heteroatoms. The van der Waals surface area contributed by atoms with Crippen LogP contribution in [0.15, 0.2) is 59.8 Å². The number of methoxy groups -OCH3 is 1. The number of hydrogen-bond donors (Lipinski definition) is 2. The Bertz CT molecular complexity index is 1030. The van der Waals surface area contributed by atoms with Crippen LogP contribution in [-0.2, 0) is 9.53 Å². The maximum absolute atomic E-state index is 13.4. The van der Waals surface area contributed by atoms with Crippen LogP contribution in [0.3, 0.4) is 0 Å². The Balaban J connectivity index is 1.55. The molecule has 32 heavy (non-hydrogen) atoms. The summed E-state index contributed by atoms with van der Waals surface area (Å²) < 4.78 is 18.4. The fourth-order valence-electron chi connectivity index (χ4n) is 4.29. The number of para-hydroxylation sites is 1. The highest BCUT2D eigenvalue weighted by Gasteiger charge is 2.34. The SMILES string of the molecule is COC(=O)C1=C(CN2CCN(c3ccccc3C)CC2)NC(=O)N[C@@H]1c1ccc(F)cc1. The van der Waals surface area contributed by atoms with Crippen molar-refractivity contribution < 1.29 is 18.7 Å². The molecule has 0 unspecified atom stereocenters. The van der Waals surface area contributed by atoms with E-state index in [1.165, 1.54) is 30.5 Å². The summed E-state index contributed by atoms with van der Waals surface area (Å²) >= 11 is 0. The Morgan fingerprint density at radius 1 is 1.09 bits per heavy atom. The predicted molar refractivity (Wildman–Crippen MR) is 120 cm³/mol. The lowest BCUT2D eigenvalue weighted by Gasteiger charge is -2.38. The number of carbonyl (C=O) groups excluding carboxylic acids is 2. The van der Waals surface area contributed by atoms with E-state index in [9.17, 15) is 14.0 Å². The van der Waals surface area contributed by atoms with Gasteiger partial charge >= 0.3 is 12.0 Å². The summed E-state index contributed by atoms with van der Waals surface area (Å²) in [6, 6.07) is 12.9. The minimum Gasteiger partial charge on any atom is -0.466 e. The largest absolute Gasteiger partial charge is 0.466 e. The number of anilines is 1. The summed E-state index contributed by atoms with van der Waals surface area (Å²) in [5.74, 6) is -0.912. The molecule has 2 heterocycles. The molecule has 168 valence electrons. The van der Waals surface area contributed by atoms with Crippen LogP contribution in [0.25, 0.3) is 0 Å². The van der Waals surface area contributed by atoms with Gasteiger partial charge in [0.05, 0.1) is 18.7 Å². The maximum Gasteiger partial charge on any atom is 0.338 e. The maximum atomic E-state index is 13.4. The molecule has 1 fully saturated rings. The number of carbonyl (C=O) groups is 2. The second-order valence-electron chi connectivity index (χ2n) is 8.02. The van der Waals surface area contributed by atoms with Crippen LogP contribution < -0.4 is 15.5 Å². The first-order valence-electron chi connectivity index (χ1n) is 10.6. The number of esters is 1. The standard InChI is InChI=1S/C24H27FN4O3/c1-16-5-3-4-6-20(16)29-13-11-28(12-14-29)15-19-21(23(30)32-2)22(27-24(31)26-19)17-7-9-18(25)10-8-17/h3-10,22H,11-15H2,1-2H3,(H2,26,27,31)/t22-/m1/s1. The predicted octanol–water partition coefficient (Wildman–Crippen LogP) is 2.74. The molecule has 2 aromatic carbocycles. The summed E-state index contributed by atoms with van der Waals surface area (Å²) in [7, 11) is 1.31. The van der Waals surface area contributed by atoms with Crippen LogP contribution in [0.4, 0.5) is 14.9 Å². The van der Waals surface area contributed by atoms with E-state index in [1.54, 1.807) is 12.1 Å². The highest BCUT2D eigenvalue weighted by molar-refractivity contribution is 5.95. The van der Waals surface area contributed by atoms with Crippen molar-refractivity contribution in [1.82, 2.24) is 15.5 Å². The number of aryl methyl sites for hydroxylation is 1. The lowest BCUT2D eigenvalue weighted by atomic mass is 9.95. The van der Waals surface area contributed by atoms with Crippen LogP contribution in [0.5, 0.6) is 0 Å². The van der Waals surface area contributed by atoms with Crippen molar-refractivity contribution >= 4 is 17.7 Å². The number of piperazine rings is 1. The minimum absolute atomic E-state index is 0.333. The van der Waals surface area contributed by atoms with E-state index in [1.807, 2.05) is 12.1 Å². The van der Waals surface area contributed by atoms with E-state index in [0.717, 1.165) is 26.2 Å². The fraction of sp³-hybridized carbons (Fsp3) is 0.333. The van der Waals surface area contributed by atoms with Gasteiger partial charge < -0.3 is 20.3 Å². The average molecular weight is 439 g/mol. The molecule has 0 aromatic heterocycles. The molecular weight excluding hydrogens is 411 g/mol. The smallest absolute Gasteiger partial charge is 0.338 e. The van der Waals surface area contributed by atoms with Gasteiger partial charge in [0.2, 0.25) is 0 Å². The van der Waals surface area contributed by atoms with Gasteiger partial charge in [-0.15, -0.1) is 0 Å². The van der Waals surface area contributed by atoms with Gasteiger partial charge in [-0.3, -0.25) is 4.90 Å². The molecule has 2 N–H and O–H groups in total. The van der Waals surface area contributed by atoms with Crippen molar-refractivity contribution in [1.29, 1.82) is 0 Å². The van der Waals surface area contributed by atoms with Crippen molar-refractivity contribution in [2.75, 3.05) is 44.7 Å². The minimum atomic E-state index is -0.708. The summed E-state index contributed by atoms with van der Waals surface area (Å²) in [4.78, 5) is 29.6. The highest BCUT2D eigenvalue weighted by Crippen LogP contribution is 2.29. The van der Waals surface area contributed by atoms with Gasteiger partial charge in [-0.05, 0) is 36.2 Å². The molecule has 7 nitrogen and oxygen atoms in total. The van der Waals surface area contributed by atoms with Crippen LogP contribution >= 0.6 is 0 Å². The highest BCUT2D eigenvalue weighted by atomic mass is 19.1. The van der Waals surface area contributed by atoms with Crippen LogP contribution in [0, 0.1) is 12.7 Å². The lowest BCUT2D eigenvalue weighted by Crippen LogP contribution is -2.51. The van der Waals surface area contributed by atoms with Crippen molar-refractivity contribution in [2.24, 2.45) is 0 Å². The molecule has 4 rings (SSSR count). The summed E-state index contributed by atoms with van der Waals surface area (Å²) in [5, 5.41) is 5.55. The number of hydrogen-bond acceptors (Lipinski definition) is 5. The number of nitrogens with zero attached hydrogens (tertiary/aromatic N) is 2. The second kappa shape index (κ2) is 9.40. The number of urea groups is 1. The zero-order valence-electron chi connectivity index (χ0n) is 18.2. The van der Waals surface area contributed by atoms with Gasteiger partial charge in [-0.1, -0.05) is 30.3 Å². The molecule has 0 aliphatic carbocycles. The van der Waals surface area contributed by atoms with Gasteiger partial charge in [-0.25, -0.2) is 14.0 Å². The van der Waals surface area contributed by atoms with E-state index in [2.05, 4.69) is 39.5 Å². The number of amides is 2. The summed E-state index contributed by atoms with van der Waals surface area (Å²) in [6.07, 6.45) is 0. The monoisotopic (exact) mass is 438 g/mol. The molecule has 2 aliphatic rings. The molecule has 0 spiro atoms. The van der Waals surface area contributed by atoms with Crippen molar-refractivity contribution in [3.05, 3.63) is 76.7 Å². The zero-order valence-corrected chi connectivity index (χ0v) is 18.2. The van der Waals surface area contributed by atoms with Gasteiger partial charge in [0.25, 0.3) is 0 Å². The van der Waals surface area contributed by atoms with Gasteiger partial charge in [-0.2, -0.15) is 0 Å². The van der Waals surface area contributed by atoms with E-state index < -0.39 is 18.0 Å². The van der Waals surface area contributed by atoms with E-state index in [-0.39, 0.29) is 5.82 Å². The van der Waals surface area contributed by atoms with Gasteiger partial charge in [0.15, 0.2) is 0 Å². The molecule has 1 atom stereocenters. The first-order valence-corrected chi connectivity index (χ1v) is 10.6.